The number of ether oxygens (including phenoxy) is 1. The second-order valence-corrected chi connectivity index (χ2v) is 7.21. The quantitative estimate of drug-likeness (QED) is 0.746. The molecule has 0 aliphatic carbocycles. The molecule has 0 saturated carbocycles. The molecule has 0 aliphatic heterocycles. The van der Waals surface area contributed by atoms with Gasteiger partial charge in [-0.1, -0.05) is 12.1 Å². The first kappa shape index (κ1) is 18.6. The number of methoxy groups -OCH3 is 1. The molecule has 3 rings (SSSR count). The Hall–Kier alpha value is -3.16. The summed E-state index contributed by atoms with van der Waals surface area (Å²) in [4.78, 5) is 29.3. The van der Waals surface area contributed by atoms with Crippen molar-refractivity contribution in [1.82, 2.24) is 19.3 Å². The van der Waals surface area contributed by atoms with E-state index in [4.69, 9.17) is 4.74 Å². The van der Waals surface area contributed by atoms with Gasteiger partial charge in [-0.15, -0.1) is 0 Å². The fourth-order valence-corrected chi connectivity index (χ4v) is 2.78. The molecule has 0 spiro atoms. The third-order valence-electron chi connectivity index (χ3n) is 4.15. The third kappa shape index (κ3) is 3.84. The molecule has 27 heavy (non-hydrogen) atoms. The van der Waals surface area contributed by atoms with E-state index in [0.29, 0.717) is 22.5 Å². The normalized spacial score (nSPS) is 11.6. The van der Waals surface area contributed by atoms with Gasteiger partial charge in [0.1, 0.15) is 11.1 Å². The second-order valence-electron chi connectivity index (χ2n) is 7.21. The Balaban J connectivity index is 1.75. The van der Waals surface area contributed by atoms with Gasteiger partial charge in [0.05, 0.1) is 30.9 Å². The lowest BCUT2D eigenvalue weighted by Gasteiger charge is -2.19. The van der Waals surface area contributed by atoms with Gasteiger partial charge in [0.2, 0.25) is 5.91 Å². The van der Waals surface area contributed by atoms with E-state index >= 15 is 0 Å². The topological polar surface area (TPSA) is 91.0 Å². The maximum Gasteiger partial charge on any atom is 0.264 e. The zero-order valence-electron chi connectivity index (χ0n) is 15.9. The Labute approximate surface area is 156 Å². The monoisotopic (exact) mass is 369 g/mol. The minimum Gasteiger partial charge on any atom is -0.495 e. The first-order chi connectivity index (χ1) is 12.8. The molecule has 0 bridgehead atoms. The van der Waals surface area contributed by atoms with Gasteiger partial charge in [-0.25, -0.2) is 9.67 Å². The summed E-state index contributed by atoms with van der Waals surface area (Å²) in [5, 5.41) is 7.52. The highest BCUT2D eigenvalue weighted by molar-refractivity contribution is 5.92. The number of para-hydroxylation sites is 2. The molecule has 0 radical (unpaired) electrons. The van der Waals surface area contributed by atoms with Crippen LogP contribution in [0.1, 0.15) is 27.2 Å². The predicted molar refractivity (Wildman–Crippen MR) is 103 cm³/mol. The standard InChI is InChI=1S/C19H23N5O3/c1-19(2,3)24-17-13(11-21-24)18(26)23(12-20-17)10-9-16(25)22-14-7-5-6-8-15(14)27-4/h5-8,11-12H,9-10H2,1-4H3,(H,22,25). The Morgan fingerprint density at radius 1 is 1.26 bits per heavy atom. The van der Waals surface area contributed by atoms with Crippen molar-refractivity contribution in [2.75, 3.05) is 12.4 Å². The Kier molecular flexibility index (Phi) is 4.98. The van der Waals surface area contributed by atoms with Gasteiger partial charge >= 0.3 is 0 Å². The largest absolute Gasteiger partial charge is 0.495 e. The predicted octanol–water partition coefficient (Wildman–Crippen LogP) is 2.39. The summed E-state index contributed by atoms with van der Waals surface area (Å²) in [6.45, 7) is 6.21. The number of amides is 1. The zero-order chi connectivity index (χ0) is 19.6. The maximum absolute atomic E-state index is 12.7. The summed E-state index contributed by atoms with van der Waals surface area (Å²) in [5.41, 5.74) is 0.655. The summed E-state index contributed by atoms with van der Waals surface area (Å²) in [6, 6.07) is 7.17. The zero-order valence-corrected chi connectivity index (χ0v) is 15.9. The molecule has 3 aromatic rings. The van der Waals surface area contributed by atoms with E-state index in [1.165, 1.54) is 17.1 Å². The number of anilines is 1. The van der Waals surface area contributed by atoms with E-state index < -0.39 is 0 Å². The minimum absolute atomic E-state index is 0.137. The van der Waals surface area contributed by atoms with Crippen LogP contribution >= 0.6 is 0 Å². The molecule has 2 heterocycles. The van der Waals surface area contributed by atoms with Crippen molar-refractivity contribution in [3.05, 3.63) is 47.1 Å². The van der Waals surface area contributed by atoms with Crippen molar-refractivity contribution in [2.45, 2.75) is 39.3 Å². The fourth-order valence-electron chi connectivity index (χ4n) is 2.78. The summed E-state index contributed by atoms with van der Waals surface area (Å²) in [6.07, 6.45) is 3.13. The van der Waals surface area contributed by atoms with Crippen LogP contribution in [-0.4, -0.2) is 32.3 Å². The molecule has 0 unspecified atom stereocenters. The van der Waals surface area contributed by atoms with Crippen LogP contribution in [0.3, 0.4) is 0 Å². The van der Waals surface area contributed by atoms with Crippen molar-refractivity contribution >= 4 is 22.6 Å². The number of hydrogen-bond donors (Lipinski definition) is 1. The smallest absolute Gasteiger partial charge is 0.264 e. The number of carbonyl (C=O) groups excluding carboxylic acids is 1. The number of fused-ring (bicyclic) bond motifs is 1. The van der Waals surface area contributed by atoms with Crippen LogP contribution < -0.4 is 15.6 Å². The SMILES string of the molecule is COc1ccccc1NC(=O)CCn1cnc2c(cnn2C(C)(C)C)c1=O. The summed E-state index contributed by atoms with van der Waals surface area (Å²) in [7, 11) is 1.54. The first-order valence-electron chi connectivity index (χ1n) is 8.68. The molecular formula is C19H23N5O3. The van der Waals surface area contributed by atoms with Crippen LogP contribution in [0.4, 0.5) is 5.69 Å². The second kappa shape index (κ2) is 7.22. The molecule has 0 atom stereocenters. The van der Waals surface area contributed by atoms with Crippen molar-refractivity contribution in [2.24, 2.45) is 0 Å². The van der Waals surface area contributed by atoms with Gasteiger partial charge in [0.25, 0.3) is 5.56 Å². The highest BCUT2D eigenvalue weighted by atomic mass is 16.5. The number of carbonyl (C=O) groups is 1. The van der Waals surface area contributed by atoms with E-state index in [0.717, 1.165) is 0 Å². The van der Waals surface area contributed by atoms with Crippen LogP contribution in [0.2, 0.25) is 0 Å². The van der Waals surface area contributed by atoms with Crippen molar-refractivity contribution < 1.29 is 9.53 Å². The first-order valence-corrected chi connectivity index (χ1v) is 8.68. The molecule has 1 aromatic carbocycles. The van der Waals surface area contributed by atoms with Crippen LogP contribution in [0, 0.1) is 0 Å². The Bertz CT molecular complexity index is 1030. The number of rotatable bonds is 5. The minimum atomic E-state index is -0.276. The molecule has 1 amide bonds. The van der Waals surface area contributed by atoms with Gasteiger partial charge < -0.3 is 10.1 Å². The number of aromatic nitrogens is 4. The van der Waals surface area contributed by atoms with E-state index in [1.807, 2.05) is 32.9 Å². The average molecular weight is 369 g/mol. The number of hydrogen-bond acceptors (Lipinski definition) is 5. The lowest BCUT2D eigenvalue weighted by Crippen LogP contribution is -2.26. The number of benzene rings is 1. The van der Waals surface area contributed by atoms with Gasteiger partial charge in [0, 0.05) is 13.0 Å². The van der Waals surface area contributed by atoms with Gasteiger partial charge in [-0.3, -0.25) is 14.2 Å². The molecule has 8 nitrogen and oxygen atoms in total. The molecule has 0 fully saturated rings. The van der Waals surface area contributed by atoms with Crippen LogP contribution in [0.25, 0.3) is 11.0 Å². The highest BCUT2D eigenvalue weighted by Crippen LogP contribution is 2.23. The molecule has 0 saturated heterocycles. The highest BCUT2D eigenvalue weighted by Gasteiger charge is 2.19. The molecule has 142 valence electrons. The molecule has 2 aromatic heterocycles. The number of aryl methyl sites for hydroxylation is 1. The fraction of sp³-hybridized carbons (Fsp3) is 0.368. The van der Waals surface area contributed by atoms with E-state index in [-0.39, 0.29) is 30.0 Å². The lowest BCUT2D eigenvalue weighted by atomic mass is 10.1. The van der Waals surface area contributed by atoms with Crippen molar-refractivity contribution in [3.8, 4) is 5.75 Å². The van der Waals surface area contributed by atoms with Gasteiger partial charge in [-0.05, 0) is 32.9 Å². The summed E-state index contributed by atoms with van der Waals surface area (Å²) in [5.74, 6) is 0.373. The average Bonchev–Trinajstić information content (AvgIpc) is 3.07. The summed E-state index contributed by atoms with van der Waals surface area (Å²) < 4.78 is 8.37. The van der Waals surface area contributed by atoms with Crippen LogP contribution in [-0.2, 0) is 16.9 Å². The van der Waals surface area contributed by atoms with E-state index in [2.05, 4.69) is 15.4 Å². The van der Waals surface area contributed by atoms with Gasteiger partial charge in [-0.2, -0.15) is 5.10 Å². The third-order valence-corrected chi connectivity index (χ3v) is 4.15. The van der Waals surface area contributed by atoms with E-state index in [9.17, 15) is 9.59 Å². The summed E-state index contributed by atoms with van der Waals surface area (Å²) >= 11 is 0. The molecule has 1 N–H and O–H groups in total. The van der Waals surface area contributed by atoms with E-state index in [1.54, 1.807) is 23.9 Å². The van der Waals surface area contributed by atoms with Crippen molar-refractivity contribution in [3.63, 3.8) is 0 Å². The number of nitrogens with zero attached hydrogens (tertiary/aromatic N) is 4. The lowest BCUT2D eigenvalue weighted by molar-refractivity contribution is -0.116. The molecule has 8 heteroatoms. The van der Waals surface area contributed by atoms with Crippen molar-refractivity contribution in [1.29, 1.82) is 0 Å². The Morgan fingerprint density at radius 2 is 2.00 bits per heavy atom. The molecule has 0 aliphatic rings. The van der Waals surface area contributed by atoms with Gasteiger partial charge in [0.15, 0.2) is 5.65 Å². The maximum atomic E-state index is 12.7. The molecular weight excluding hydrogens is 346 g/mol. The van der Waals surface area contributed by atoms with Crippen LogP contribution in [0.5, 0.6) is 5.75 Å². The number of nitrogens with one attached hydrogen (secondary N) is 1. The Morgan fingerprint density at radius 3 is 2.70 bits per heavy atom. The van der Waals surface area contributed by atoms with Crippen LogP contribution in [0.15, 0.2) is 41.6 Å².